The second kappa shape index (κ2) is 8.85. The van der Waals surface area contributed by atoms with Crippen molar-refractivity contribution in [1.29, 1.82) is 5.26 Å². The van der Waals surface area contributed by atoms with Crippen LogP contribution in [-0.2, 0) is 10.0 Å². The third-order valence-electron chi connectivity index (χ3n) is 6.40. The molecule has 1 saturated heterocycles. The van der Waals surface area contributed by atoms with Crippen LogP contribution in [0.5, 0.6) is 0 Å². The lowest BCUT2D eigenvalue weighted by Crippen LogP contribution is -2.65. The van der Waals surface area contributed by atoms with Crippen molar-refractivity contribution in [1.82, 2.24) is 4.31 Å². The average Bonchev–Trinajstić information content (AvgIpc) is 3.27. The normalized spacial score (nSPS) is 24.1. The van der Waals surface area contributed by atoms with Gasteiger partial charge in [-0.2, -0.15) is 9.57 Å². The summed E-state index contributed by atoms with van der Waals surface area (Å²) in [6.07, 6.45) is 4.83. The van der Waals surface area contributed by atoms with Crippen LogP contribution < -0.4 is 0 Å². The summed E-state index contributed by atoms with van der Waals surface area (Å²) in [5.74, 6) is 6.66. The van der Waals surface area contributed by atoms with Crippen LogP contribution in [0.25, 0.3) is 0 Å². The minimum Gasteiger partial charge on any atom is -0.395 e. The van der Waals surface area contributed by atoms with Crippen LogP contribution in [0.4, 0.5) is 0 Å². The van der Waals surface area contributed by atoms with Gasteiger partial charge in [0.15, 0.2) is 0 Å². The summed E-state index contributed by atoms with van der Waals surface area (Å²) >= 11 is 0. The molecule has 160 valence electrons. The van der Waals surface area contributed by atoms with E-state index in [9.17, 15) is 18.8 Å². The zero-order valence-corrected chi connectivity index (χ0v) is 18.3. The van der Waals surface area contributed by atoms with Crippen molar-refractivity contribution < 1.29 is 13.5 Å². The van der Waals surface area contributed by atoms with Crippen LogP contribution in [-0.4, -0.2) is 36.5 Å². The average molecular weight is 435 g/mol. The van der Waals surface area contributed by atoms with Gasteiger partial charge in [-0.25, -0.2) is 8.42 Å². The summed E-state index contributed by atoms with van der Waals surface area (Å²) in [5.41, 5.74) is 2.37. The van der Waals surface area contributed by atoms with E-state index in [1.807, 2.05) is 24.3 Å². The zero-order chi connectivity index (χ0) is 22.0. The molecule has 2 fully saturated rings. The Balaban J connectivity index is 1.58. The third-order valence-corrected chi connectivity index (χ3v) is 8.46. The SMILES string of the molecule is Cc1ccccc1S(=O)(=O)N1[C@H](CO)[C@@H](c2ccc(C#CC3CCCC3)cc2)[C@@H]1C#N. The first kappa shape index (κ1) is 21.6. The number of rotatable bonds is 4. The lowest BCUT2D eigenvalue weighted by Gasteiger charge is -2.50. The Morgan fingerprint density at radius 3 is 2.39 bits per heavy atom. The van der Waals surface area contributed by atoms with Crippen molar-refractivity contribution in [3.05, 3.63) is 65.2 Å². The Kier molecular flexibility index (Phi) is 6.16. The number of benzene rings is 2. The smallest absolute Gasteiger partial charge is 0.244 e. The van der Waals surface area contributed by atoms with E-state index in [1.54, 1.807) is 31.2 Å². The fraction of sp³-hybridized carbons (Fsp3) is 0.400. The number of sulfonamides is 1. The van der Waals surface area contributed by atoms with Crippen molar-refractivity contribution in [3.8, 4) is 17.9 Å². The molecule has 0 unspecified atom stereocenters. The molecule has 2 aliphatic rings. The molecule has 1 aliphatic heterocycles. The summed E-state index contributed by atoms with van der Waals surface area (Å²) < 4.78 is 27.7. The summed E-state index contributed by atoms with van der Waals surface area (Å²) in [5, 5.41) is 19.8. The van der Waals surface area contributed by atoms with Crippen LogP contribution in [0.1, 0.15) is 48.3 Å². The van der Waals surface area contributed by atoms with E-state index in [0.717, 1.165) is 15.4 Å². The molecule has 6 heteroatoms. The molecule has 0 bridgehead atoms. The standard InChI is InChI=1S/C25H26N2O3S/c1-18-6-2-5-9-24(18)31(29,30)27-22(16-26)25(23(27)17-28)21-14-12-20(13-15-21)11-10-19-7-3-4-8-19/h2,5-6,9,12-15,19,22-23,25,28H,3-4,7-8,17H2,1H3/t22-,23+,25-/m0/s1. The fourth-order valence-electron chi connectivity index (χ4n) is 4.70. The molecule has 2 aromatic rings. The molecular formula is C25H26N2O3S. The van der Waals surface area contributed by atoms with E-state index in [0.29, 0.717) is 11.5 Å². The summed E-state index contributed by atoms with van der Waals surface area (Å²) in [6.45, 7) is 1.38. The van der Waals surface area contributed by atoms with Gasteiger partial charge in [-0.1, -0.05) is 55.0 Å². The highest BCUT2D eigenvalue weighted by atomic mass is 32.2. The van der Waals surface area contributed by atoms with Crippen molar-refractivity contribution in [2.75, 3.05) is 6.61 Å². The third kappa shape index (κ3) is 4.00. The van der Waals surface area contributed by atoms with Crippen LogP contribution in [0.2, 0.25) is 0 Å². The van der Waals surface area contributed by atoms with Gasteiger partial charge >= 0.3 is 0 Å². The second-order valence-electron chi connectivity index (χ2n) is 8.32. The molecule has 3 atom stereocenters. The van der Waals surface area contributed by atoms with Crippen LogP contribution in [0.3, 0.4) is 0 Å². The van der Waals surface area contributed by atoms with E-state index < -0.39 is 22.1 Å². The molecule has 0 radical (unpaired) electrons. The summed E-state index contributed by atoms with van der Waals surface area (Å²) in [4.78, 5) is 0.171. The Hall–Kier alpha value is -2.64. The van der Waals surface area contributed by atoms with E-state index in [-0.39, 0.29) is 17.4 Å². The largest absolute Gasteiger partial charge is 0.395 e. The van der Waals surface area contributed by atoms with Gasteiger partial charge in [0, 0.05) is 17.4 Å². The van der Waals surface area contributed by atoms with Crippen molar-refractivity contribution in [3.63, 3.8) is 0 Å². The van der Waals surface area contributed by atoms with Gasteiger partial charge in [0.1, 0.15) is 6.04 Å². The number of nitriles is 1. The van der Waals surface area contributed by atoms with E-state index in [1.165, 1.54) is 25.7 Å². The predicted molar refractivity (Wildman–Crippen MR) is 118 cm³/mol. The first-order valence-electron chi connectivity index (χ1n) is 10.7. The molecule has 1 heterocycles. The lowest BCUT2D eigenvalue weighted by molar-refractivity contribution is 0.0556. The number of nitrogens with zero attached hydrogens (tertiary/aromatic N) is 2. The number of aliphatic hydroxyl groups is 1. The lowest BCUT2D eigenvalue weighted by atomic mass is 9.78. The number of aryl methyl sites for hydroxylation is 1. The minimum atomic E-state index is -3.89. The topological polar surface area (TPSA) is 81.4 Å². The molecule has 1 N–H and O–H groups in total. The van der Waals surface area contributed by atoms with Gasteiger partial charge in [-0.05, 0) is 49.1 Å². The molecule has 31 heavy (non-hydrogen) atoms. The van der Waals surface area contributed by atoms with E-state index in [4.69, 9.17) is 0 Å². The first-order chi connectivity index (χ1) is 15.0. The van der Waals surface area contributed by atoms with E-state index >= 15 is 0 Å². The number of hydrogen-bond donors (Lipinski definition) is 1. The molecule has 0 spiro atoms. The Bertz CT molecular complexity index is 1150. The van der Waals surface area contributed by atoms with E-state index in [2.05, 4.69) is 17.9 Å². The number of hydrogen-bond acceptors (Lipinski definition) is 4. The predicted octanol–water partition coefficient (Wildman–Crippen LogP) is 3.58. The number of aliphatic hydroxyl groups excluding tert-OH is 1. The Morgan fingerprint density at radius 2 is 1.77 bits per heavy atom. The van der Waals surface area contributed by atoms with Crippen LogP contribution >= 0.6 is 0 Å². The molecule has 0 amide bonds. The molecule has 2 aromatic carbocycles. The molecule has 0 aromatic heterocycles. The van der Waals surface area contributed by atoms with Crippen LogP contribution in [0, 0.1) is 36.0 Å². The molecule has 1 aliphatic carbocycles. The molecule has 1 saturated carbocycles. The minimum absolute atomic E-state index is 0.171. The summed E-state index contributed by atoms with van der Waals surface area (Å²) in [7, 11) is -3.89. The maximum absolute atomic E-state index is 13.3. The quantitative estimate of drug-likeness (QED) is 0.746. The van der Waals surface area contributed by atoms with Gasteiger partial charge < -0.3 is 5.11 Å². The van der Waals surface area contributed by atoms with Gasteiger partial charge in [0.05, 0.1) is 23.6 Å². The summed E-state index contributed by atoms with van der Waals surface area (Å²) in [6, 6.07) is 14.9. The Morgan fingerprint density at radius 1 is 1.10 bits per heavy atom. The van der Waals surface area contributed by atoms with Gasteiger partial charge in [0.2, 0.25) is 10.0 Å². The molecule has 4 rings (SSSR count). The maximum atomic E-state index is 13.3. The van der Waals surface area contributed by atoms with Crippen LogP contribution in [0.15, 0.2) is 53.4 Å². The fourth-order valence-corrected chi connectivity index (χ4v) is 6.68. The Labute approximate surface area is 184 Å². The maximum Gasteiger partial charge on any atom is 0.244 e. The highest BCUT2D eigenvalue weighted by Gasteiger charge is 2.55. The molecule has 5 nitrogen and oxygen atoms in total. The second-order valence-corrected chi connectivity index (χ2v) is 10.1. The first-order valence-corrected chi connectivity index (χ1v) is 12.1. The highest BCUT2D eigenvalue weighted by Crippen LogP contribution is 2.44. The highest BCUT2D eigenvalue weighted by molar-refractivity contribution is 7.89. The van der Waals surface area contributed by atoms with Crippen molar-refractivity contribution in [2.24, 2.45) is 5.92 Å². The molecular weight excluding hydrogens is 408 g/mol. The zero-order valence-electron chi connectivity index (χ0n) is 17.5. The van der Waals surface area contributed by atoms with Crippen molar-refractivity contribution >= 4 is 10.0 Å². The monoisotopic (exact) mass is 434 g/mol. The van der Waals surface area contributed by atoms with Gasteiger partial charge in [0.25, 0.3) is 0 Å². The van der Waals surface area contributed by atoms with Gasteiger partial charge in [-0.3, -0.25) is 0 Å². The van der Waals surface area contributed by atoms with Crippen molar-refractivity contribution in [2.45, 2.75) is 55.5 Å². The van der Waals surface area contributed by atoms with Gasteiger partial charge in [-0.15, -0.1) is 0 Å².